The third kappa shape index (κ3) is 3.28. The molecule has 0 atom stereocenters. The molecule has 6 heteroatoms. The Bertz CT molecular complexity index is 1130. The lowest BCUT2D eigenvalue weighted by Gasteiger charge is -2.07. The summed E-state index contributed by atoms with van der Waals surface area (Å²) in [6.07, 6.45) is 0. The molecule has 5 nitrogen and oxygen atoms in total. The smallest absolute Gasteiger partial charge is 0.336 e. The molecule has 2 heterocycles. The summed E-state index contributed by atoms with van der Waals surface area (Å²) in [5, 5.41) is 8.83. The predicted octanol–water partition coefficient (Wildman–Crippen LogP) is 4.49. The van der Waals surface area contributed by atoms with Gasteiger partial charge >= 0.3 is 5.63 Å². The zero-order valence-electron chi connectivity index (χ0n) is 14.4. The summed E-state index contributed by atoms with van der Waals surface area (Å²) in [7, 11) is 0. The van der Waals surface area contributed by atoms with E-state index in [0.29, 0.717) is 16.5 Å². The van der Waals surface area contributed by atoms with Crippen molar-refractivity contribution in [1.82, 2.24) is 15.2 Å². The molecule has 0 radical (unpaired) electrons. The maximum absolute atomic E-state index is 11.9. The number of hydrogen-bond donors (Lipinski definition) is 1. The molecule has 1 N–H and O–H groups in total. The fourth-order valence-corrected chi connectivity index (χ4v) is 3.57. The van der Waals surface area contributed by atoms with Crippen LogP contribution >= 0.6 is 11.8 Å². The fourth-order valence-electron chi connectivity index (χ4n) is 2.78. The number of aromatic amines is 1. The van der Waals surface area contributed by atoms with Crippen molar-refractivity contribution in [2.45, 2.75) is 24.8 Å². The van der Waals surface area contributed by atoms with Crippen LogP contribution in [0.1, 0.15) is 16.7 Å². The Morgan fingerprint density at radius 1 is 1.08 bits per heavy atom. The first-order valence-electron chi connectivity index (χ1n) is 8.25. The highest BCUT2D eigenvalue weighted by Crippen LogP contribution is 2.27. The van der Waals surface area contributed by atoms with E-state index in [1.165, 1.54) is 17.3 Å². The second kappa shape index (κ2) is 6.80. The second-order valence-electron chi connectivity index (χ2n) is 6.14. The zero-order valence-corrected chi connectivity index (χ0v) is 15.3. The highest BCUT2D eigenvalue weighted by Gasteiger charge is 2.11. The van der Waals surface area contributed by atoms with Crippen LogP contribution in [-0.4, -0.2) is 15.2 Å². The zero-order chi connectivity index (χ0) is 18.1. The highest BCUT2D eigenvalue weighted by molar-refractivity contribution is 7.98. The number of nitrogens with zero attached hydrogens (tertiary/aromatic N) is 2. The van der Waals surface area contributed by atoms with Crippen LogP contribution in [0.4, 0.5) is 0 Å². The number of aryl methyl sites for hydroxylation is 2. The Hall–Kier alpha value is -2.86. The number of H-pyrrole nitrogens is 1. The number of fused-ring (bicyclic) bond motifs is 1. The molecule has 0 aliphatic heterocycles. The molecule has 2 aromatic carbocycles. The van der Waals surface area contributed by atoms with E-state index in [1.807, 2.05) is 43.3 Å². The van der Waals surface area contributed by atoms with E-state index < -0.39 is 0 Å². The van der Waals surface area contributed by atoms with Crippen LogP contribution in [0.15, 0.2) is 62.9 Å². The van der Waals surface area contributed by atoms with Gasteiger partial charge in [0.25, 0.3) is 0 Å². The van der Waals surface area contributed by atoms with Crippen LogP contribution in [0.25, 0.3) is 22.4 Å². The van der Waals surface area contributed by atoms with Crippen LogP contribution in [0.3, 0.4) is 0 Å². The first kappa shape index (κ1) is 16.6. The van der Waals surface area contributed by atoms with Gasteiger partial charge in [0.1, 0.15) is 5.58 Å². The summed E-state index contributed by atoms with van der Waals surface area (Å²) < 4.78 is 5.35. The molecule has 0 amide bonds. The number of thioether (sulfide) groups is 1. The summed E-state index contributed by atoms with van der Waals surface area (Å²) >= 11 is 1.49. The molecule has 0 spiro atoms. The lowest BCUT2D eigenvalue weighted by Crippen LogP contribution is -2.00. The monoisotopic (exact) mass is 363 g/mol. The van der Waals surface area contributed by atoms with E-state index in [-0.39, 0.29) is 5.63 Å². The van der Waals surface area contributed by atoms with Crippen LogP contribution in [-0.2, 0) is 5.75 Å². The Kier molecular flexibility index (Phi) is 4.34. The molecule has 130 valence electrons. The number of benzene rings is 2. The van der Waals surface area contributed by atoms with Gasteiger partial charge in [-0.05, 0) is 42.7 Å². The van der Waals surface area contributed by atoms with Gasteiger partial charge in [-0.3, -0.25) is 5.10 Å². The fraction of sp³-hybridized carbons (Fsp3) is 0.150. The Labute approximate surface area is 154 Å². The minimum Gasteiger partial charge on any atom is -0.423 e. The first-order chi connectivity index (χ1) is 12.6. The summed E-state index contributed by atoms with van der Waals surface area (Å²) in [6.45, 7) is 4.06. The standard InChI is InChI=1S/C20H17N3O2S/c1-12-8-16-15(10-18(24)25-17(16)9-13(12)2)11-26-20-21-19(22-23-20)14-6-4-3-5-7-14/h3-10H,11H2,1-2H3,(H,21,22,23). The van der Waals surface area contributed by atoms with Gasteiger partial charge in [-0.15, -0.1) is 5.10 Å². The summed E-state index contributed by atoms with van der Waals surface area (Å²) in [5.41, 5.74) is 4.47. The molecule has 4 rings (SSSR count). The molecule has 26 heavy (non-hydrogen) atoms. The van der Waals surface area contributed by atoms with Crippen molar-refractivity contribution in [2.24, 2.45) is 0 Å². The van der Waals surface area contributed by atoms with E-state index in [0.717, 1.165) is 27.9 Å². The number of hydrogen-bond acceptors (Lipinski definition) is 5. The van der Waals surface area contributed by atoms with Gasteiger partial charge in [0.2, 0.25) is 5.16 Å². The van der Waals surface area contributed by atoms with Crippen LogP contribution in [0.2, 0.25) is 0 Å². The Morgan fingerprint density at radius 3 is 2.65 bits per heavy atom. The van der Waals surface area contributed by atoms with Crippen LogP contribution in [0, 0.1) is 13.8 Å². The maximum Gasteiger partial charge on any atom is 0.336 e. The minimum absolute atomic E-state index is 0.337. The van der Waals surface area contributed by atoms with Crippen molar-refractivity contribution in [3.63, 3.8) is 0 Å². The number of rotatable bonds is 4. The molecule has 0 aliphatic carbocycles. The molecule has 0 bridgehead atoms. The summed E-state index contributed by atoms with van der Waals surface area (Å²) in [4.78, 5) is 16.4. The van der Waals surface area contributed by atoms with E-state index in [2.05, 4.69) is 28.2 Å². The Morgan fingerprint density at radius 2 is 1.85 bits per heavy atom. The van der Waals surface area contributed by atoms with Gasteiger partial charge in [-0.1, -0.05) is 42.1 Å². The van der Waals surface area contributed by atoms with Gasteiger partial charge in [0.05, 0.1) is 0 Å². The van der Waals surface area contributed by atoms with Crippen molar-refractivity contribution in [2.75, 3.05) is 0 Å². The van der Waals surface area contributed by atoms with E-state index in [9.17, 15) is 4.79 Å². The van der Waals surface area contributed by atoms with Crippen LogP contribution < -0.4 is 5.63 Å². The predicted molar refractivity (Wildman–Crippen MR) is 103 cm³/mol. The van der Waals surface area contributed by atoms with Gasteiger partial charge in [-0.25, -0.2) is 9.78 Å². The van der Waals surface area contributed by atoms with Crippen LogP contribution in [0.5, 0.6) is 0 Å². The average molecular weight is 363 g/mol. The maximum atomic E-state index is 11.9. The molecular weight excluding hydrogens is 346 g/mol. The summed E-state index contributed by atoms with van der Waals surface area (Å²) in [6, 6.07) is 15.4. The van der Waals surface area contributed by atoms with Crippen molar-refractivity contribution < 1.29 is 4.42 Å². The van der Waals surface area contributed by atoms with E-state index in [1.54, 1.807) is 6.07 Å². The molecule has 0 saturated heterocycles. The van der Waals surface area contributed by atoms with Crippen molar-refractivity contribution in [3.8, 4) is 11.4 Å². The average Bonchev–Trinajstić information content (AvgIpc) is 3.11. The Balaban J connectivity index is 1.61. The van der Waals surface area contributed by atoms with Crippen molar-refractivity contribution >= 4 is 22.7 Å². The molecule has 0 saturated carbocycles. The second-order valence-corrected chi connectivity index (χ2v) is 7.09. The molecule has 0 fully saturated rings. The third-order valence-corrected chi connectivity index (χ3v) is 5.21. The minimum atomic E-state index is -0.337. The topological polar surface area (TPSA) is 71.8 Å². The molecule has 0 unspecified atom stereocenters. The normalized spacial score (nSPS) is 11.2. The van der Waals surface area contributed by atoms with E-state index >= 15 is 0 Å². The SMILES string of the molecule is Cc1cc2oc(=O)cc(CSc3n[nH]c(-c4ccccc4)n3)c2cc1C. The first-order valence-corrected chi connectivity index (χ1v) is 9.23. The number of nitrogens with one attached hydrogen (secondary N) is 1. The quantitative estimate of drug-likeness (QED) is 0.427. The highest BCUT2D eigenvalue weighted by atomic mass is 32.2. The molecule has 0 aliphatic rings. The van der Waals surface area contributed by atoms with Crippen molar-refractivity contribution in [3.05, 3.63) is 75.6 Å². The van der Waals surface area contributed by atoms with Crippen molar-refractivity contribution in [1.29, 1.82) is 0 Å². The van der Waals surface area contributed by atoms with Gasteiger partial charge < -0.3 is 4.42 Å². The third-order valence-electron chi connectivity index (χ3n) is 4.31. The lowest BCUT2D eigenvalue weighted by molar-refractivity contribution is 0.559. The summed E-state index contributed by atoms with van der Waals surface area (Å²) in [5.74, 6) is 1.33. The number of aromatic nitrogens is 3. The molecule has 2 aromatic heterocycles. The molecule has 4 aromatic rings. The largest absolute Gasteiger partial charge is 0.423 e. The van der Waals surface area contributed by atoms with Gasteiger partial charge in [-0.2, -0.15) is 0 Å². The van der Waals surface area contributed by atoms with E-state index in [4.69, 9.17) is 4.42 Å². The van der Waals surface area contributed by atoms with Gasteiger partial charge in [0, 0.05) is 22.8 Å². The van der Waals surface area contributed by atoms with Gasteiger partial charge in [0.15, 0.2) is 5.82 Å². The molecular formula is C20H17N3O2S. The lowest BCUT2D eigenvalue weighted by atomic mass is 10.0.